The molecule has 1 saturated heterocycles. The summed E-state index contributed by atoms with van der Waals surface area (Å²) in [6, 6.07) is 11.8. The smallest absolute Gasteiger partial charge is 0.420 e. The topological polar surface area (TPSA) is 129 Å². The number of hydrogen-bond acceptors (Lipinski definition) is 8. The molecule has 4 aromatic rings. The Hall–Kier alpha value is -4.21. The Bertz CT molecular complexity index is 1420. The molecule has 0 aliphatic carbocycles. The molecule has 2 aromatic carbocycles. The number of aromatic nitrogens is 3. The van der Waals surface area contributed by atoms with Crippen LogP contribution >= 0.6 is 0 Å². The lowest BCUT2D eigenvalue weighted by Gasteiger charge is -2.21. The summed E-state index contributed by atoms with van der Waals surface area (Å²) in [5.41, 5.74) is 2.39. The molecule has 0 saturated carbocycles. The lowest BCUT2D eigenvalue weighted by atomic mass is 10.1. The number of hydrogen-bond donors (Lipinski definition) is 1. The van der Waals surface area contributed by atoms with E-state index in [1.54, 1.807) is 18.2 Å². The number of oxazole rings is 1. The van der Waals surface area contributed by atoms with Crippen LogP contribution in [0.2, 0.25) is 0 Å². The van der Waals surface area contributed by atoms with Gasteiger partial charge in [0.25, 0.3) is 0 Å². The monoisotopic (exact) mass is 448 g/mol. The van der Waals surface area contributed by atoms with Crippen LogP contribution in [0.3, 0.4) is 0 Å². The van der Waals surface area contributed by atoms with Crippen LogP contribution in [-0.4, -0.2) is 33.1 Å². The van der Waals surface area contributed by atoms with Gasteiger partial charge in [0.05, 0.1) is 18.5 Å². The second kappa shape index (κ2) is 8.38. The molecule has 3 heterocycles. The Balaban J connectivity index is 1.43. The van der Waals surface area contributed by atoms with Gasteiger partial charge in [-0.05, 0) is 43.2 Å². The quantitative estimate of drug-likeness (QED) is 0.446. The number of benzene rings is 2. The number of amides is 2. The predicted octanol–water partition coefficient (Wildman–Crippen LogP) is 2.61. The number of piperidine rings is 1. The Morgan fingerprint density at radius 2 is 2.06 bits per heavy atom. The molecule has 1 atom stereocenters. The molecular weight excluding hydrogens is 428 g/mol. The number of carbonyl (C=O) groups is 2. The van der Waals surface area contributed by atoms with Gasteiger partial charge < -0.3 is 13.7 Å². The van der Waals surface area contributed by atoms with Gasteiger partial charge in [-0.3, -0.25) is 19.5 Å². The molecule has 33 heavy (non-hydrogen) atoms. The van der Waals surface area contributed by atoms with E-state index in [0.717, 1.165) is 16.9 Å². The highest BCUT2D eigenvalue weighted by Crippen LogP contribution is 2.26. The van der Waals surface area contributed by atoms with E-state index < -0.39 is 17.7 Å². The van der Waals surface area contributed by atoms with Gasteiger partial charge in [0.2, 0.25) is 23.5 Å². The Morgan fingerprint density at radius 3 is 2.88 bits per heavy atom. The molecule has 1 fully saturated rings. The summed E-state index contributed by atoms with van der Waals surface area (Å²) in [6.07, 6.45) is 0.713. The fourth-order valence-electron chi connectivity index (χ4n) is 3.92. The van der Waals surface area contributed by atoms with E-state index in [9.17, 15) is 14.4 Å². The standard InChI is InChI=1S/C23H20N4O6/c1-2-31-15-5-3-4-14(12-15)21-25-20(33-26-21)11-13-6-8-18-17(10-13)27(23(30)32-18)16-7-9-19(28)24-22(16)29/h3-6,8,10,12,16H,2,7,9,11H2,1H3,(H,24,28,29). The Labute approximate surface area is 187 Å². The molecule has 0 bridgehead atoms. The largest absolute Gasteiger partial charge is 0.494 e. The summed E-state index contributed by atoms with van der Waals surface area (Å²) in [6.45, 7) is 2.47. The minimum Gasteiger partial charge on any atom is -0.494 e. The van der Waals surface area contributed by atoms with Crippen molar-refractivity contribution in [2.24, 2.45) is 0 Å². The Kier molecular flexibility index (Phi) is 5.25. The van der Waals surface area contributed by atoms with Crippen LogP contribution in [0.15, 0.2) is 56.2 Å². The van der Waals surface area contributed by atoms with E-state index in [1.807, 2.05) is 31.2 Å². The number of nitrogens with one attached hydrogen (secondary N) is 1. The first-order valence-electron chi connectivity index (χ1n) is 10.6. The summed E-state index contributed by atoms with van der Waals surface area (Å²) in [5, 5.41) is 6.33. The number of imide groups is 1. The highest BCUT2D eigenvalue weighted by atomic mass is 16.5. The van der Waals surface area contributed by atoms with Crippen molar-refractivity contribution in [2.45, 2.75) is 32.2 Å². The maximum atomic E-state index is 12.4. The number of carbonyl (C=O) groups excluding carboxylic acids is 2. The summed E-state index contributed by atoms with van der Waals surface area (Å²) in [5.74, 6) is 0.0408. The van der Waals surface area contributed by atoms with Crippen LogP contribution in [0, 0.1) is 0 Å². The lowest BCUT2D eigenvalue weighted by molar-refractivity contribution is -0.135. The molecule has 0 radical (unpaired) electrons. The van der Waals surface area contributed by atoms with Crippen molar-refractivity contribution in [3.8, 4) is 17.1 Å². The predicted molar refractivity (Wildman–Crippen MR) is 116 cm³/mol. The van der Waals surface area contributed by atoms with E-state index in [0.29, 0.717) is 35.8 Å². The van der Waals surface area contributed by atoms with Crippen molar-refractivity contribution < 1.29 is 23.3 Å². The number of ether oxygens (including phenoxy) is 1. The number of rotatable bonds is 6. The van der Waals surface area contributed by atoms with Crippen molar-refractivity contribution >= 4 is 22.9 Å². The van der Waals surface area contributed by atoms with Gasteiger partial charge in [0, 0.05) is 12.0 Å². The first kappa shape index (κ1) is 20.7. The molecule has 1 aliphatic rings. The molecule has 0 spiro atoms. The van der Waals surface area contributed by atoms with E-state index in [-0.39, 0.29) is 18.7 Å². The van der Waals surface area contributed by atoms with Crippen molar-refractivity contribution in [3.63, 3.8) is 0 Å². The zero-order chi connectivity index (χ0) is 22.9. The molecule has 10 heteroatoms. The molecule has 2 aromatic heterocycles. The zero-order valence-electron chi connectivity index (χ0n) is 17.7. The van der Waals surface area contributed by atoms with Gasteiger partial charge in [-0.25, -0.2) is 4.79 Å². The highest BCUT2D eigenvalue weighted by Gasteiger charge is 2.31. The van der Waals surface area contributed by atoms with Gasteiger partial charge in [-0.15, -0.1) is 0 Å². The summed E-state index contributed by atoms with van der Waals surface area (Å²) in [7, 11) is 0. The van der Waals surface area contributed by atoms with Gasteiger partial charge in [0.1, 0.15) is 11.8 Å². The molecule has 5 rings (SSSR count). The van der Waals surface area contributed by atoms with Crippen LogP contribution in [0.1, 0.15) is 37.3 Å². The second-order valence-corrected chi connectivity index (χ2v) is 7.66. The van der Waals surface area contributed by atoms with Crippen LogP contribution in [0.4, 0.5) is 0 Å². The van der Waals surface area contributed by atoms with Crippen LogP contribution < -0.4 is 15.8 Å². The first-order chi connectivity index (χ1) is 16.0. The average molecular weight is 448 g/mol. The van der Waals surface area contributed by atoms with E-state index in [1.165, 1.54) is 4.57 Å². The van der Waals surface area contributed by atoms with Gasteiger partial charge in [-0.2, -0.15) is 4.98 Å². The minimum atomic E-state index is -0.806. The average Bonchev–Trinajstić information content (AvgIpc) is 3.38. The van der Waals surface area contributed by atoms with Gasteiger partial charge in [-0.1, -0.05) is 23.4 Å². The van der Waals surface area contributed by atoms with E-state index >= 15 is 0 Å². The first-order valence-corrected chi connectivity index (χ1v) is 10.6. The van der Waals surface area contributed by atoms with Gasteiger partial charge >= 0.3 is 5.76 Å². The van der Waals surface area contributed by atoms with Crippen molar-refractivity contribution in [2.75, 3.05) is 6.61 Å². The van der Waals surface area contributed by atoms with Crippen molar-refractivity contribution in [1.29, 1.82) is 0 Å². The summed E-state index contributed by atoms with van der Waals surface area (Å²) >= 11 is 0. The third kappa shape index (κ3) is 4.02. The zero-order valence-corrected chi connectivity index (χ0v) is 17.7. The molecule has 1 aliphatic heterocycles. The number of fused-ring (bicyclic) bond motifs is 1. The highest BCUT2D eigenvalue weighted by molar-refractivity contribution is 6.00. The fourth-order valence-corrected chi connectivity index (χ4v) is 3.92. The summed E-state index contributed by atoms with van der Waals surface area (Å²) < 4.78 is 17.5. The molecule has 168 valence electrons. The second-order valence-electron chi connectivity index (χ2n) is 7.66. The lowest BCUT2D eigenvalue weighted by Crippen LogP contribution is -2.43. The van der Waals surface area contributed by atoms with E-state index in [2.05, 4.69) is 15.5 Å². The normalized spacial score (nSPS) is 16.2. The number of nitrogens with zero attached hydrogens (tertiary/aromatic N) is 3. The molecule has 1 unspecified atom stereocenters. The summed E-state index contributed by atoms with van der Waals surface area (Å²) in [4.78, 5) is 40.7. The van der Waals surface area contributed by atoms with Crippen LogP contribution in [0.25, 0.3) is 22.5 Å². The molecule has 10 nitrogen and oxygen atoms in total. The third-order valence-electron chi connectivity index (χ3n) is 5.43. The molecule has 1 N–H and O–H groups in total. The van der Waals surface area contributed by atoms with Crippen molar-refractivity contribution in [3.05, 3.63) is 64.5 Å². The van der Waals surface area contributed by atoms with Gasteiger partial charge in [0.15, 0.2) is 5.58 Å². The fraction of sp³-hybridized carbons (Fsp3) is 0.261. The third-order valence-corrected chi connectivity index (χ3v) is 5.43. The SMILES string of the molecule is CCOc1cccc(-c2noc(Cc3ccc4oc(=O)n(C5CCC(=O)NC5=O)c4c3)n2)c1. The van der Waals surface area contributed by atoms with E-state index in [4.69, 9.17) is 13.7 Å². The Morgan fingerprint density at radius 1 is 1.18 bits per heavy atom. The maximum absolute atomic E-state index is 12.4. The molecular formula is C23H20N4O6. The maximum Gasteiger partial charge on any atom is 0.420 e. The van der Waals surface area contributed by atoms with Crippen LogP contribution in [-0.2, 0) is 16.0 Å². The minimum absolute atomic E-state index is 0.157. The van der Waals surface area contributed by atoms with Crippen molar-refractivity contribution in [1.82, 2.24) is 20.0 Å². The molecule has 2 amide bonds. The van der Waals surface area contributed by atoms with Crippen LogP contribution in [0.5, 0.6) is 5.75 Å².